The number of hydrogen-bond donors (Lipinski definition) is 2. The molecule has 3 aromatic carbocycles. The molecular weight excluding hydrogens is 428 g/mol. The summed E-state index contributed by atoms with van der Waals surface area (Å²) in [4.78, 5) is 25.2. The fraction of sp³-hybridized carbons (Fsp3) is 0.222. The molecule has 0 spiro atoms. The summed E-state index contributed by atoms with van der Waals surface area (Å²) in [6.45, 7) is 8.21. The summed E-state index contributed by atoms with van der Waals surface area (Å²) in [5, 5.41) is 12.6. The van der Waals surface area contributed by atoms with Gasteiger partial charge in [-0.2, -0.15) is 5.10 Å². The molecule has 0 bridgehead atoms. The van der Waals surface area contributed by atoms with Gasteiger partial charge in [-0.3, -0.25) is 5.32 Å². The molecule has 0 aliphatic carbocycles. The van der Waals surface area contributed by atoms with Crippen molar-refractivity contribution in [1.29, 1.82) is 0 Å². The number of benzene rings is 3. The predicted molar refractivity (Wildman–Crippen MR) is 135 cm³/mol. The van der Waals surface area contributed by atoms with E-state index in [0.29, 0.717) is 29.4 Å². The van der Waals surface area contributed by atoms with Crippen LogP contribution in [0.2, 0.25) is 0 Å². The van der Waals surface area contributed by atoms with Crippen molar-refractivity contribution in [2.45, 2.75) is 33.1 Å². The lowest BCUT2D eigenvalue weighted by Crippen LogP contribution is -2.21. The maximum atomic E-state index is 13.0. The highest BCUT2D eigenvalue weighted by molar-refractivity contribution is 6.06. The molecule has 1 heterocycles. The number of hydrogen-bond acceptors (Lipinski definition) is 4. The highest BCUT2D eigenvalue weighted by Crippen LogP contribution is 2.28. The van der Waals surface area contributed by atoms with E-state index in [1.807, 2.05) is 54.6 Å². The van der Waals surface area contributed by atoms with Crippen LogP contribution in [0.15, 0.2) is 72.8 Å². The summed E-state index contributed by atoms with van der Waals surface area (Å²) in [7, 11) is 0. The molecule has 2 N–H and O–H groups in total. The van der Waals surface area contributed by atoms with Crippen LogP contribution in [0.1, 0.15) is 43.7 Å². The molecule has 0 atom stereocenters. The summed E-state index contributed by atoms with van der Waals surface area (Å²) in [5.41, 5.74) is 2.32. The number of ether oxygens (including phenoxy) is 1. The van der Waals surface area contributed by atoms with Crippen molar-refractivity contribution in [3.63, 3.8) is 0 Å². The summed E-state index contributed by atoms with van der Waals surface area (Å²) < 4.78 is 6.76. The average molecular weight is 457 g/mol. The van der Waals surface area contributed by atoms with E-state index in [0.717, 1.165) is 16.5 Å². The molecule has 34 heavy (non-hydrogen) atoms. The van der Waals surface area contributed by atoms with Gasteiger partial charge in [0, 0.05) is 16.9 Å². The second kappa shape index (κ2) is 9.39. The molecule has 7 nitrogen and oxygen atoms in total. The Balaban J connectivity index is 1.66. The van der Waals surface area contributed by atoms with Gasteiger partial charge in [0.05, 0.1) is 29.2 Å². The van der Waals surface area contributed by atoms with Crippen molar-refractivity contribution in [1.82, 2.24) is 9.78 Å². The number of carbonyl (C=O) groups is 2. The Kier molecular flexibility index (Phi) is 6.36. The Morgan fingerprint density at radius 2 is 1.68 bits per heavy atom. The Bertz CT molecular complexity index is 1350. The number of aromatic nitrogens is 2. The van der Waals surface area contributed by atoms with Crippen LogP contribution >= 0.6 is 0 Å². The van der Waals surface area contributed by atoms with Crippen LogP contribution in [0.5, 0.6) is 0 Å². The number of anilines is 2. The summed E-state index contributed by atoms with van der Waals surface area (Å²) >= 11 is 0. The number of urea groups is 1. The van der Waals surface area contributed by atoms with Gasteiger partial charge in [0.15, 0.2) is 0 Å². The van der Waals surface area contributed by atoms with Gasteiger partial charge in [-0.1, -0.05) is 63.2 Å². The van der Waals surface area contributed by atoms with Gasteiger partial charge in [0.2, 0.25) is 0 Å². The third kappa shape index (κ3) is 4.93. The minimum absolute atomic E-state index is 0.244. The van der Waals surface area contributed by atoms with Crippen LogP contribution in [-0.4, -0.2) is 28.4 Å². The number of carbonyl (C=O) groups excluding carboxylic acids is 2. The Labute approximate surface area is 198 Å². The molecule has 2 amide bonds. The zero-order valence-corrected chi connectivity index (χ0v) is 19.8. The molecule has 0 radical (unpaired) electrons. The number of esters is 1. The summed E-state index contributed by atoms with van der Waals surface area (Å²) in [5.74, 6) is 0.0828. The predicted octanol–water partition coefficient (Wildman–Crippen LogP) is 6.14. The number of nitrogens with zero attached hydrogens (tertiary/aromatic N) is 2. The zero-order valence-electron chi connectivity index (χ0n) is 19.8. The van der Waals surface area contributed by atoms with Crippen LogP contribution in [0.3, 0.4) is 0 Å². The van der Waals surface area contributed by atoms with E-state index in [9.17, 15) is 9.59 Å². The second-order valence-corrected chi connectivity index (χ2v) is 8.95. The number of fused-ring (bicyclic) bond motifs is 1. The normalized spacial score (nSPS) is 11.3. The highest BCUT2D eigenvalue weighted by atomic mass is 16.5. The molecule has 0 unspecified atom stereocenters. The van der Waals surface area contributed by atoms with E-state index < -0.39 is 5.97 Å². The van der Waals surface area contributed by atoms with Crippen molar-refractivity contribution < 1.29 is 14.3 Å². The zero-order chi connectivity index (χ0) is 24.3. The SMILES string of the molecule is CCOC(=O)c1cccc(-n2nc(C(C)(C)C)cc2NC(=O)Nc2cccc3ccccc23)c1. The quantitative estimate of drug-likeness (QED) is 0.353. The third-order valence-electron chi connectivity index (χ3n) is 5.36. The van der Waals surface area contributed by atoms with Crippen LogP contribution in [0.25, 0.3) is 16.5 Å². The highest BCUT2D eigenvalue weighted by Gasteiger charge is 2.22. The van der Waals surface area contributed by atoms with Crippen molar-refractivity contribution in [3.8, 4) is 5.69 Å². The second-order valence-electron chi connectivity index (χ2n) is 8.95. The number of rotatable bonds is 5. The molecule has 7 heteroatoms. The minimum atomic E-state index is -0.407. The van der Waals surface area contributed by atoms with Crippen LogP contribution < -0.4 is 10.6 Å². The van der Waals surface area contributed by atoms with Gasteiger partial charge in [-0.15, -0.1) is 0 Å². The fourth-order valence-electron chi connectivity index (χ4n) is 3.62. The van der Waals surface area contributed by atoms with E-state index >= 15 is 0 Å². The molecule has 0 aliphatic heterocycles. The van der Waals surface area contributed by atoms with Gasteiger partial charge in [0.1, 0.15) is 5.82 Å². The van der Waals surface area contributed by atoms with E-state index in [4.69, 9.17) is 9.84 Å². The minimum Gasteiger partial charge on any atom is -0.462 e. The van der Waals surface area contributed by atoms with E-state index in [-0.39, 0.29) is 11.4 Å². The lowest BCUT2D eigenvalue weighted by Gasteiger charge is -2.14. The van der Waals surface area contributed by atoms with Gasteiger partial charge in [-0.25, -0.2) is 14.3 Å². The summed E-state index contributed by atoms with van der Waals surface area (Å²) in [6.07, 6.45) is 0. The molecule has 0 saturated carbocycles. The Morgan fingerprint density at radius 1 is 0.941 bits per heavy atom. The molecule has 0 saturated heterocycles. The molecule has 174 valence electrons. The van der Waals surface area contributed by atoms with Crippen molar-refractivity contribution in [2.75, 3.05) is 17.2 Å². The topological polar surface area (TPSA) is 85.2 Å². The third-order valence-corrected chi connectivity index (χ3v) is 5.36. The first-order chi connectivity index (χ1) is 16.3. The Hall–Kier alpha value is -4.13. The molecule has 1 aromatic heterocycles. The maximum Gasteiger partial charge on any atom is 0.338 e. The van der Waals surface area contributed by atoms with Crippen molar-refractivity contribution in [3.05, 3.63) is 84.1 Å². The van der Waals surface area contributed by atoms with Gasteiger partial charge < -0.3 is 10.1 Å². The van der Waals surface area contributed by atoms with Gasteiger partial charge in [0.25, 0.3) is 0 Å². The molecular formula is C27H28N4O3. The van der Waals surface area contributed by atoms with E-state index in [1.165, 1.54) is 0 Å². The van der Waals surface area contributed by atoms with E-state index in [1.54, 1.807) is 29.8 Å². The fourth-order valence-corrected chi connectivity index (χ4v) is 3.62. The monoisotopic (exact) mass is 456 g/mol. The lowest BCUT2D eigenvalue weighted by molar-refractivity contribution is 0.0526. The number of amides is 2. The van der Waals surface area contributed by atoms with Crippen LogP contribution in [-0.2, 0) is 10.2 Å². The molecule has 4 rings (SSSR count). The smallest absolute Gasteiger partial charge is 0.338 e. The first kappa shape index (κ1) is 23.0. The van der Waals surface area contributed by atoms with Crippen molar-refractivity contribution >= 4 is 34.3 Å². The number of nitrogens with one attached hydrogen (secondary N) is 2. The van der Waals surface area contributed by atoms with Gasteiger partial charge in [-0.05, 0) is 36.6 Å². The largest absolute Gasteiger partial charge is 0.462 e. The molecule has 0 fully saturated rings. The Morgan fingerprint density at radius 3 is 2.44 bits per heavy atom. The molecule has 0 aliphatic rings. The van der Waals surface area contributed by atoms with Crippen molar-refractivity contribution in [2.24, 2.45) is 0 Å². The van der Waals surface area contributed by atoms with Gasteiger partial charge >= 0.3 is 12.0 Å². The van der Waals surface area contributed by atoms with E-state index in [2.05, 4.69) is 31.4 Å². The van der Waals surface area contributed by atoms with Crippen LogP contribution in [0.4, 0.5) is 16.3 Å². The average Bonchev–Trinajstić information content (AvgIpc) is 3.24. The van der Waals surface area contributed by atoms with Crippen LogP contribution in [0, 0.1) is 0 Å². The lowest BCUT2D eigenvalue weighted by atomic mass is 9.92. The summed E-state index contributed by atoms with van der Waals surface area (Å²) in [6, 6.07) is 22.1. The first-order valence-corrected chi connectivity index (χ1v) is 11.2. The first-order valence-electron chi connectivity index (χ1n) is 11.2. The standard InChI is InChI=1S/C27H28N4O3/c1-5-34-25(32)19-12-8-13-20(16-19)31-24(17-23(30-31)27(2,3)4)29-26(33)28-22-15-9-11-18-10-6-7-14-21(18)22/h6-17H,5H2,1-4H3,(H2,28,29,33). The molecule has 4 aromatic rings. The maximum absolute atomic E-state index is 13.0.